The third-order valence-electron chi connectivity index (χ3n) is 4.29. The third-order valence-corrected chi connectivity index (χ3v) is 4.29. The molecule has 1 fully saturated rings. The summed E-state index contributed by atoms with van der Waals surface area (Å²) in [6.07, 6.45) is 6.95. The summed E-state index contributed by atoms with van der Waals surface area (Å²) in [5.74, 6) is 0.0358. The molecule has 1 amide bonds. The van der Waals surface area contributed by atoms with E-state index in [-0.39, 0.29) is 17.9 Å². The Hall–Kier alpha value is -1.68. The fraction of sp³-hybridized carbons (Fsp3) is 0.529. The van der Waals surface area contributed by atoms with E-state index in [1.54, 1.807) is 12.3 Å². The normalized spacial score (nSPS) is 22.1. The highest BCUT2D eigenvalue weighted by Gasteiger charge is 2.35. The minimum Gasteiger partial charge on any atom is -0.396 e. The molecule has 0 bridgehead atoms. The van der Waals surface area contributed by atoms with Gasteiger partial charge in [-0.05, 0) is 37.8 Å². The van der Waals surface area contributed by atoms with Crippen LogP contribution in [0.25, 0.3) is 0 Å². The smallest absolute Gasteiger partial charge is 0.253 e. The van der Waals surface area contributed by atoms with Crippen LogP contribution >= 0.6 is 0 Å². The fourth-order valence-corrected chi connectivity index (χ4v) is 3.03. The van der Waals surface area contributed by atoms with Crippen LogP contribution in [0.3, 0.4) is 0 Å². The van der Waals surface area contributed by atoms with Crippen molar-refractivity contribution in [2.75, 3.05) is 19.7 Å². The molecule has 114 valence electrons. The molecule has 1 aliphatic heterocycles. The lowest BCUT2D eigenvalue weighted by atomic mass is 9.77. The summed E-state index contributed by atoms with van der Waals surface area (Å²) in [6, 6.07) is 3.63. The van der Waals surface area contributed by atoms with E-state index in [2.05, 4.69) is 11.6 Å². The molecular weight excluding hydrogens is 264 g/mol. The predicted octanol–water partition coefficient (Wildman–Crippen LogP) is 2.43. The zero-order chi connectivity index (χ0) is 15.3. The van der Waals surface area contributed by atoms with Gasteiger partial charge in [0.05, 0.1) is 6.61 Å². The van der Waals surface area contributed by atoms with E-state index < -0.39 is 0 Å². The van der Waals surface area contributed by atoms with Crippen LogP contribution in [0.2, 0.25) is 0 Å². The molecule has 0 aromatic carbocycles. The Balaban J connectivity index is 2.16. The number of piperidine rings is 1. The molecule has 2 heterocycles. The molecule has 21 heavy (non-hydrogen) atoms. The maximum absolute atomic E-state index is 12.7. The van der Waals surface area contributed by atoms with Crippen molar-refractivity contribution < 1.29 is 9.90 Å². The van der Waals surface area contributed by atoms with Crippen LogP contribution in [0.15, 0.2) is 31.0 Å². The second-order valence-electron chi connectivity index (χ2n) is 5.87. The lowest BCUT2D eigenvalue weighted by Crippen LogP contribution is -2.47. The van der Waals surface area contributed by atoms with Gasteiger partial charge in [-0.1, -0.05) is 13.0 Å². The Kier molecular flexibility index (Phi) is 5.12. The highest BCUT2D eigenvalue weighted by atomic mass is 16.3. The van der Waals surface area contributed by atoms with E-state index in [0.717, 1.165) is 37.9 Å². The van der Waals surface area contributed by atoms with Gasteiger partial charge in [0.15, 0.2) is 0 Å². The molecule has 1 atom stereocenters. The molecule has 0 aliphatic carbocycles. The molecule has 0 radical (unpaired) electrons. The minimum absolute atomic E-state index is 0.0358. The van der Waals surface area contributed by atoms with Crippen LogP contribution in [0, 0.1) is 5.41 Å². The number of aryl methyl sites for hydroxylation is 1. The first-order valence-corrected chi connectivity index (χ1v) is 7.60. The van der Waals surface area contributed by atoms with Crippen molar-refractivity contribution in [1.29, 1.82) is 0 Å². The number of pyridine rings is 1. The van der Waals surface area contributed by atoms with Crippen LogP contribution in [0.4, 0.5) is 0 Å². The van der Waals surface area contributed by atoms with Crippen molar-refractivity contribution in [2.45, 2.75) is 32.6 Å². The minimum atomic E-state index is -0.226. The lowest BCUT2D eigenvalue weighted by Gasteiger charge is -2.41. The Morgan fingerprint density at radius 3 is 3.10 bits per heavy atom. The first kappa shape index (κ1) is 15.7. The van der Waals surface area contributed by atoms with Crippen molar-refractivity contribution in [2.24, 2.45) is 5.41 Å². The monoisotopic (exact) mass is 288 g/mol. The van der Waals surface area contributed by atoms with Gasteiger partial charge < -0.3 is 10.0 Å². The summed E-state index contributed by atoms with van der Waals surface area (Å²) in [5, 5.41) is 9.73. The fourth-order valence-electron chi connectivity index (χ4n) is 3.03. The maximum Gasteiger partial charge on any atom is 0.253 e. The van der Waals surface area contributed by atoms with Crippen LogP contribution in [-0.4, -0.2) is 40.6 Å². The first-order valence-electron chi connectivity index (χ1n) is 7.60. The molecule has 0 unspecified atom stereocenters. The molecule has 1 aromatic heterocycles. The molecule has 4 heteroatoms. The van der Waals surface area contributed by atoms with Gasteiger partial charge in [0.1, 0.15) is 0 Å². The van der Waals surface area contributed by atoms with E-state index in [1.165, 1.54) is 0 Å². The number of carbonyl (C=O) groups is 1. The number of aliphatic hydroxyl groups is 1. The van der Waals surface area contributed by atoms with Gasteiger partial charge in [0.25, 0.3) is 5.91 Å². The summed E-state index contributed by atoms with van der Waals surface area (Å²) in [5.41, 5.74) is 1.39. The van der Waals surface area contributed by atoms with Crippen LogP contribution in [0.5, 0.6) is 0 Å². The standard InChI is InChI=1S/C17H24N2O2/c1-3-7-17(13-20)8-5-10-19(12-17)16(21)14-6-9-18-15(4-2)11-14/h3,6,9,11,20H,1,4-5,7-8,10,12-13H2,2H3/t17-/m0/s1. The Morgan fingerprint density at radius 1 is 1.62 bits per heavy atom. The Morgan fingerprint density at radius 2 is 2.43 bits per heavy atom. The first-order chi connectivity index (χ1) is 10.1. The van der Waals surface area contributed by atoms with Gasteiger partial charge in [-0.2, -0.15) is 0 Å². The van der Waals surface area contributed by atoms with Crippen molar-refractivity contribution in [3.63, 3.8) is 0 Å². The number of aromatic nitrogens is 1. The van der Waals surface area contributed by atoms with Crippen molar-refractivity contribution >= 4 is 5.91 Å². The SMILES string of the molecule is C=CC[C@]1(CO)CCCN(C(=O)c2ccnc(CC)c2)C1. The van der Waals surface area contributed by atoms with Crippen molar-refractivity contribution in [3.05, 3.63) is 42.2 Å². The summed E-state index contributed by atoms with van der Waals surface area (Å²) in [4.78, 5) is 18.8. The van der Waals surface area contributed by atoms with E-state index in [4.69, 9.17) is 0 Å². The highest BCUT2D eigenvalue weighted by Crippen LogP contribution is 2.33. The largest absolute Gasteiger partial charge is 0.396 e. The number of carbonyl (C=O) groups excluding carboxylic acids is 1. The second-order valence-corrected chi connectivity index (χ2v) is 5.87. The molecule has 0 saturated carbocycles. The number of nitrogens with zero attached hydrogens (tertiary/aromatic N) is 2. The zero-order valence-electron chi connectivity index (χ0n) is 12.7. The number of amides is 1. The maximum atomic E-state index is 12.7. The number of hydrogen-bond acceptors (Lipinski definition) is 3. The number of aliphatic hydroxyl groups excluding tert-OH is 1. The van der Waals surface area contributed by atoms with Gasteiger partial charge in [-0.3, -0.25) is 9.78 Å². The average Bonchev–Trinajstić information content (AvgIpc) is 2.54. The molecule has 1 N–H and O–H groups in total. The van der Waals surface area contributed by atoms with E-state index >= 15 is 0 Å². The Bertz CT molecular complexity index is 515. The molecule has 0 spiro atoms. The third kappa shape index (κ3) is 3.50. The number of hydrogen-bond donors (Lipinski definition) is 1. The molecule has 1 aromatic rings. The predicted molar refractivity (Wildman–Crippen MR) is 83.1 cm³/mol. The summed E-state index contributed by atoms with van der Waals surface area (Å²) < 4.78 is 0. The quantitative estimate of drug-likeness (QED) is 0.847. The topological polar surface area (TPSA) is 53.4 Å². The number of likely N-dealkylation sites (tertiary alicyclic amines) is 1. The van der Waals surface area contributed by atoms with Crippen molar-refractivity contribution in [3.8, 4) is 0 Å². The molecule has 1 aliphatic rings. The van der Waals surface area contributed by atoms with E-state index in [0.29, 0.717) is 12.1 Å². The molecule has 2 rings (SSSR count). The molecular formula is C17H24N2O2. The summed E-state index contributed by atoms with van der Waals surface area (Å²) >= 11 is 0. The number of allylic oxidation sites excluding steroid dienone is 1. The lowest BCUT2D eigenvalue weighted by molar-refractivity contribution is 0.0285. The summed E-state index contributed by atoms with van der Waals surface area (Å²) in [7, 11) is 0. The van der Waals surface area contributed by atoms with Gasteiger partial charge in [0.2, 0.25) is 0 Å². The second kappa shape index (κ2) is 6.85. The number of rotatable bonds is 5. The Labute approximate surface area is 126 Å². The zero-order valence-corrected chi connectivity index (χ0v) is 12.7. The van der Waals surface area contributed by atoms with Gasteiger partial charge in [0, 0.05) is 36.0 Å². The van der Waals surface area contributed by atoms with Gasteiger partial charge >= 0.3 is 0 Å². The van der Waals surface area contributed by atoms with Crippen LogP contribution < -0.4 is 0 Å². The van der Waals surface area contributed by atoms with Crippen LogP contribution in [-0.2, 0) is 6.42 Å². The van der Waals surface area contributed by atoms with Gasteiger partial charge in [-0.15, -0.1) is 6.58 Å². The highest BCUT2D eigenvalue weighted by molar-refractivity contribution is 5.94. The average molecular weight is 288 g/mol. The van der Waals surface area contributed by atoms with Crippen LogP contribution in [0.1, 0.15) is 42.2 Å². The van der Waals surface area contributed by atoms with E-state index in [9.17, 15) is 9.90 Å². The van der Waals surface area contributed by atoms with E-state index in [1.807, 2.05) is 24.0 Å². The van der Waals surface area contributed by atoms with Gasteiger partial charge in [-0.25, -0.2) is 0 Å². The molecule has 1 saturated heterocycles. The van der Waals surface area contributed by atoms with Crippen molar-refractivity contribution in [1.82, 2.24) is 9.88 Å². The summed E-state index contributed by atoms with van der Waals surface area (Å²) in [6.45, 7) is 7.25. The molecule has 4 nitrogen and oxygen atoms in total.